The standard InChI is InChI=1S/C23H25NO3/c25-14-22(16-8-2-1-3-9-16)24-23(26)27-15-21-19-12-6-4-10-17(19)18-11-5-7-13-20(18)21/h1-2,4-7,10-13,16,21-22,25H,3,8-9,14-15H2,(H,24,26). The number of hydrogen-bond donors (Lipinski definition) is 2. The quantitative estimate of drug-likeness (QED) is 0.781. The molecule has 4 rings (SSSR count). The van der Waals surface area contributed by atoms with E-state index in [1.807, 2.05) is 24.3 Å². The van der Waals surface area contributed by atoms with Crippen LogP contribution in [-0.4, -0.2) is 30.5 Å². The number of allylic oxidation sites excluding steroid dienone is 2. The molecule has 2 aromatic carbocycles. The van der Waals surface area contributed by atoms with Crippen molar-refractivity contribution in [1.29, 1.82) is 0 Å². The predicted molar refractivity (Wildman–Crippen MR) is 106 cm³/mol. The number of aliphatic hydroxyl groups is 1. The van der Waals surface area contributed by atoms with Gasteiger partial charge in [-0.1, -0.05) is 60.7 Å². The summed E-state index contributed by atoms with van der Waals surface area (Å²) < 4.78 is 5.58. The van der Waals surface area contributed by atoms with Crippen molar-refractivity contribution < 1.29 is 14.6 Å². The van der Waals surface area contributed by atoms with E-state index in [0.29, 0.717) is 6.61 Å². The van der Waals surface area contributed by atoms with Crippen molar-refractivity contribution in [3.05, 3.63) is 71.8 Å². The maximum absolute atomic E-state index is 12.4. The van der Waals surface area contributed by atoms with Gasteiger partial charge in [0.25, 0.3) is 0 Å². The first kappa shape index (κ1) is 17.8. The molecule has 4 heteroatoms. The van der Waals surface area contributed by atoms with Crippen molar-refractivity contribution in [2.45, 2.75) is 31.2 Å². The van der Waals surface area contributed by atoms with Crippen LogP contribution in [0.25, 0.3) is 11.1 Å². The van der Waals surface area contributed by atoms with Gasteiger partial charge < -0.3 is 15.2 Å². The van der Waals surface area contributed by atoms with E-state index in [2.05, 4.69) is 41.7 Å². The van der Waals surface area contributed by atoms with Gasteiger partial charge in [0.15, 0.2) is 0 Å². The number of ether oxygens (including phenoxy) is 1. The monoisotopic (exact) mass is 363 g/mol. The molecule has 140 valence electrons. The van der Waals surface area contributed by atoms with Crippen molar-refractivity contribution in [1.82, 2.24) is 5.32 Å². The first-order chi connectivity index (χ1) is 13.3. The highest BCUT2D eigenvalue weighted by atomic mass is 16.5. The van der Waals surface area contributed by atoms with Gasteiger partial charge in [-0.15, -0.1) is 0 Å². The summed E-state index contributed by atoms with van der Waals surface area (Å²) in [6.45, 7) is 0.227. The number of nitrogens with one attached hydrogen (secondary N) is 1. The van der Waals surface area contributed by atoms with Gasteiger partial charge in [0, 0.05) is 5.92 Å². The van der Waals surface area contributed by atoms with Gasteiger partial charge in [-0.25, -0.2) is 4.79 Å². The Hall–Kier alpha value is -2.59. The fourth-order valence-corrected chi connectivity index (χ4v) is 4.29. The lowest BCUT2D eigenvalue weighted by molar-refractivity contribution is 0.122. The van der Waals surface area contributed by atoms with Crippen LogP contribution >= 0.6 is 0 Å². The molecular weight excluding hydrogens is 338 g/mol. The van der Waals surface area contributed by atoms with Crippen LogP contribution in [0.4, 0.5) is 4.79 Å². The van der Waals surface area contributed by atoms with Crippen molar-refractivity contribution in [3.63, 3.8) is 0 Å². The number of carbonyl (C=O) groups excluding carboxylic acids is 1. The molecule has 2 N–H and O–H groups in total. The van der Waals surface area contributed by atoms with Gasteiger partial charge in [-0.2, -0.15) is 0 Å². The van der Waals surface area contributed by atoms with Gasteiger partial charge in [-0.05, 0) is 47.4 Å². The molecule has 2 aliphatic carbocycles. The summed E-state index contributed by atoms with van der Waals surface area (Å²) in [6, 6.07) is 16.3. The van der Waals surface area contributed by atoms with E-state index >= 15 is 0 Å². The van der Waals surface area contributed by atoms with Crippen LogP contribution in [0, 0.1) is 5.92 Å². The van der Waals surface area contributed by atoms with E-state index in [4.69, 9.17) is 4.74 Å². The Morgan fingerprint density at radius 3 is 2.33 bits per heavy atom. The first-order valence-electron chi connectivity index (χ1n) is 9.65. The van der Waals surface area contributed by atoms with Gasteiger partial charge in [0.1, 0.15) is 6.61 Å². The summed E-state index contributed by atoms with van der Waals surface area (Å²) in [4.78, 5) is 12.4. The second-order valence-electron chi connectivity index (χ2n) is 7.30. The number of carbonyl (C=O) groups is 1. The second kappa shape index (κ2) is 7.97. The van der Waals surface area contributed by atoms with E-state index < -0.39 is 6.09 Å². The molecule has 0 saturated heterocycles. The van der Waals surface area contributed by atoms with E-state index in [0.717, 1.165) is 19.3 Å². The minimum Gasteiger partial charge on any atom is -0.449 e. The van der Waals surface area contributed by atoms with Gasteiger partial charge in [-0.3, -0.25) is 0 Å². The molecule has 0 spiro atoms. The second-order valence-corrected chi connectivity index (χ2v) is 7.30. The first-order valence-corrected chi connectivity index (χ1v) is 9.65. The zero-order valence-corrected chi connectivity index (χ0v) is 15.3. The summed E-state index contributed by atoms with van der Waals surface area (Å²) in [7, 11) is 0. The van der Waals surface area contributed by atoms with Crippen LogP contribution in [0.3, 0.4) is 0 Å². The van der Waals surface area contributed by atoms with Gasteiger partial charge in [0.2, 0.25) is 0 Å². The molecule has 2 unspecified atom stereocenters. The average Bonchev–Trinajstić information content (AvgIpc) is 3.05. The van der Waals surface area contributed by atoms with Crippen molar-refractivity contribution in [2.24, 2.45) is 5.92 Å². The van der Waals surface area contributed by atoms with Crippen molar-refractivity contribution in [2.75, 3.05) is 13.2 Å². The molecular formula is C23H25NO3. The number of amides is 1. The third-order valence-corrected chi connectivity index (χ3v) is 5.72. The lowest BCUT2D eigenvalue weighted by Crippen LogP contribution is -2.43. The Bertz CT molecular complexity index is 800. The normalized spacial score (nSPS) is 19.2. The van der Waals surface area contributed by atoms with Gasteiger partial charge in [0.05, 0.1) is 12.6 Å². The molecule has 0 saturated carbocycles. The van der Waals surface area contributed by atoms with E-state index in [1.54, 1.807) is 0 Å². The summed E-state index contributed by atoms with van der Waals surface area (Å²) in [6.07, 6.45) is 6.67. The molecule has 1 amide bonds. The van der Waals surface area contributed by atoms with Crippen LogP contribution in [0.1, 0.15) is 36.3 Å². The Labute approximate surface area is 159 Å². The third kappa shape index (κ3) is 3.62. The summed E-state index contributed by atoms with van der Waals surface area (Å²) in [5.74, 6) is 0.314. The molecule has 0 aliphatic heterocycles. The number of hydrogen-bond acceptors (Lipinski definition) is 3. The fourth-order valence-electron chi connectivity index (χ4n) is 4.29. The molecule has 4 nitrogen and oxygen atoms in total. The molecule has 0 heterocycles. The van der Waals surface area contributed by atoms with E-state index in [1.165, 1.54) is 22.3 Å². The molecule has 2 aliphatic rings. The topological polar surface area (TPSA) is 58.6 Å². The lowest BCUT2D eigenvalue weighted by Gasteiger charge is -2.27. The third-order valence-electron chi connectivity index (χ3n) is 5.72. The summed E-state index contributed by atoms with van der Waals surface area (Å²) >= 11 is 0. The number of alkyl carbamates (subject to hydrolysis) is 1. The molecule has 0 radical (unpaired) electrons. The van der Waals surface area contributed by atoms with Crippen molar-refractivity contribution in [3.8, 4) is 11.1 Å². The maximum Gasteiger partial charge on any atom is 0.407 e. The maximum atomic E-state index is 12.4. The van der Waals surface area contributed by atoms with Crippen LogP contribution in [-0.2, 0) is 4.74 Å². The predicted octanol–water partition coefficient (Wildman–Crippen LogP) is 4.24. The Morgan fingerprint density at radius 2 is 1.74 bits per heavy atom. The molecule has 27 heavy (non-hydrogen) atoms. The number of benzene rings is 2. The molecule has 0 aromatic heterocycles. The smallest absolute Gasteiger partial charge is 0.407 e. The number of aliphatic hydroxyl groups excluding tert-OH is 1. The van der Waals surface area contributed by atoms with Crippen LogP contribution < -0.4 is 5.32 Å². The molecule has 2 aromatic rings. The van der Waals surface area contributed by atoms with Crippen LogP contribution in [0.2, 0.25) is 0 Å². The number of rotatable bonds is 5. The zero-order chi connectivity index (χ0) is 18.6. The highest BCUT2D eigenvalue weighted by Gasteiger charge is 2.29. The Morgan fingerprint density at radius 1 is 1.07 bits per heavy atom. The number of fused-ring (bicyclic) bond motifs is 3. The molecule has 0 fully saturated rings. The van der Waals surface area contributed by atoms with Crippen LogP contribution in [0.15, 0.2) is 60.7 Å². The Balaban J connectivity index is 1.42. The lowest BCUT2D eigenvalue weighted by atomic mass is 9.88. The molecule has 0 bridgehead atoms. The molecule has 2 atom stereocenters. The minimum atomic E-state index is -0.453. The van der Waals surface area contributed by atoms with Gasteiger partial charge >= 0.3 is 6.09 Å². The summed E-state index contributed by atoms with van der Waals surface area (Å²) in [5, 5.41) is 12.5. The fraction of sp³-hybridized carbons (Fsp3) is 0.348. The minimum absolute atomic E-state index is 0.0494. The summed E-state index contributed by atoms with van der Waals surface area (Å²) in [5.41, 5.74) is 4.82. The highest BCUT2D eigenvalue weighted by Crippen LogP contribution is 2.44. The highest BCUT2D eigenvalue weighted by molar-refractivity contribution is 5.79. The Kier molecular flexibility index (Phi) is 5.26. The van der Waals surface area contributed by atoms with Crippen LogP contribution in [0.5, 0.6) is 0 Å². The average molecular weight is 363 g/mol. The SMILES string of the molecule is O=C(NC(CO)C1CC=CCC1)OCC1c2ccccc2-c2ccccc21. The largest absolute Gasteiger partial charge is 0.449 e. The van der Waals surface area contributed by atoms with Crippen molar-refractivity contribution >= 4 is 6.09 Å². The zero-order valence-electron chi connectivity index (χ0n) is 15.3. The van der Waals surface area contributed by atoms with E-state index in [9.17, 15) is 9.90 Å². The van der Waals surface area contributed by atoms with E-state index in [-0.39, 0.29) is 24.5 Å².